The molecule has 0 fully saturated rings. The molecule has 8 nitrogen and oxygen atoms in total. The number of phenolic OH excluding ortho intramolecular Hbond substituents is 1. The molecule has 0 heterocycles. The predicted octanol–water partition coefficient (Wildman–Crippen LogP) is 5.50. The molecule has 0 unspecified atom stereocenters. The quantitative estimate of drug-likeness (QED) is 0.219. The molecule has 3 N–H and O–H groups in total. The normalized spacial score (nSPS) is 11.2. The molecule has 196 valence electrons. The highest BCUT2D eigenvalue weighted by Crippen LogP contribution is 2.27. The first kappa shape index (κ1) is 26.9. The van der Waals surface area contributed by atoms with Crippen molar-refractivity contribution in [2.24, 2.45) is 5.10 Å². The van der Waals surface area contributed by atoms with Crippen molar-refractivity contribution >= 4 is 34.5 Å². The number of fused-ring (bicyclic) bond motifs is 1. The van der Waals surface area contributed by atoms with Crippen molar-refractivity contribution in [2.75, 3.05) is 11.9 Å². The van der Waals surface area contributed by atoms with Crippen LogP contribution in [-0.4, -0.2) is 29.7 Å². The summed E-state index contributed by atoms with van der Waals surface area (Å²) in [6.07, 6.45) is 1.50. The lowest BCUT2D eigenvalue weighted by atomic mass is 9.87. The Morgan fingerprint density at radius 1 is 1.00 bits per heavy atom. The summed E-state index contributed by atoms with van der Waals surface area (Å²) in [5.41, 5.74) is 5.18. The van der Waals surface area contributed by atoms with E-state index in [1.54, 1.807) is 12.1 Å². The van der Waals surface area contributed by atoms with Gasteiger partial charge in [-0.2, -0.15) is 10.4 Å². The second-order valence-corrected chi connectivity index (χ2v) is 9.90. The number of aromatic hydroxyl groups is 1. The van der Waals surface area contributed by atoms with E-state index in [-0.39, 0.29) is 34.8 Å². The van der Waals surface area contributed by atoms with Gasteiger partial charge in [0.05, 0.1) is 11.8 Å². The number of ether oxygens (including phenoxy) is 1. The van der Waals surface area contributed by atoms with Crippen LogP contribution in [0.2, 0.25) is 0 Å². The summed E-state index contributed by atoms with van der Waals surface area (Å²) in [7, 11) is 0. The van der Waals surface area contributed by atoms with Crippen LogP contribution in [0.15, 0.2) is 84.0 Å². The second-order valence-electron chi connectivity index (χ2n) is 9.90. The van der Waals surface area contributed by atoms with Crippen LogP contribution in [0.5, 0.6) is 11.5 Å². The zero-order chi connectivity index (χ0) is 28.0. The SMILES string of the molecule is CC(C)(C)c1ccc(OCC(=O)Nc2ccc(C=NNC(=O)c3ccc(O)c(C#N)c3)c3ccccc23)cc1. The van der Waals surface area contributed by atoms with Crippen LogP contribution in [0.4, 0.5) is 5.69 Å². The smallest absolute Gasteiger partial charge is 0.271 e. The van der Waals surface area contributed by atoms with Gasteiger partial charge in [0.1, 0.15) is 17.6 Å². The van der Waals surface area contributed by atoms with Crippen molar-refractivity contribution in [3.8, 4) is 17.6 Å². The van der Waals surface area contributed by atoms with E-state index >= 15 is 0 Å². The third-order valence-corrected chi connectivity index (χ3v) is 6.07. The highest BCUT2D eigenvalue weighted by atomic mass is 16.5. The number of nitrogens with one attached hydrogen (secondary N) is 2. The summed E-state index contributed by atoms with van der Waals surface area (Å²) < 4.78 is 5.67. The topological polar surface area (TPSA) is 124 Å². The molecular formula is C31H28N4O4. The van der Waals surface area contributed by atoms with Crippen LogP contribution < -0.4 is 15.5 Å². The summed E-state index contributed by atoms with van der Waals surface area (Å²) in [5.74, 6) is -0.395. The first-order valence-corrected chi connectivity index (χ1v) is 12.3. The van der Waals surface area contributed by atoms with Gasteiger partial charge in [-0.15, -0.1) is 0 Å². The Balaban J connectivity index is 1.42. The number of hydrazone groups is 1. The molecule has 0 atom stereocenters. The largest absolute Gasteiger partial charge is 0.507 e. The lowest BCUT2D eigenvalue weighted by Crippen LogP contribution is -2.20. The van der Waals surface area contributed by atoms with Crippen LogP contribution in [-0.2, 0) is 10.2 Å². The van der Waals surface area contributed by atoms with E-state index in [9.17, 15) is 14.7 Å². The number of nitrogens with zero attached hydrogens (tertiary/aromatic N) is 2. The average molecular weight is 521 g/mol. The fraction of sp³-hybridized carbons (Fsp3) is 0.161. The average Bonchev–Trinajstić information content (AvgIpc) is 2.93. The van der Waals surface area contributed by atoms with Crippen LogP contribution in [0.25, 0.3) is 10.8 Å². The zero-order valence-corrected chi connectivity index (χ0v) is 21.9. The molecule has 8 heteroatoms. The predicted molar refractivity (Wildman–Crippen MR) is 151 cm³/mol. The zero-order valence-electron chi connectivity index (χ0n) is 21.9. The van der Waals surface area contributed by atoms with Gasteiger partial charge in [-0.1, -0.05) is 63.2 Å². The number of hydrogen-bond acceptors (Lipinski definition) is 6. The number of phenols is 1. The van der Waals surface area contributed by atoms with Gasteiger partial charge in [-0.05, 0) is 52.8 Å². The third kappa shape index (κ3) is 6.59. The maximum atomic E-state index is 12.6. The first-order valence-electron chi connectivity index (χ1n) is 12.3. The summed E-state index contributed by atoms with van der Waals surface area (Å²) in [4.78, 5) is 25.0. The van der Waals surface area contributed by atoms with Crippen molar-refractivity contribution < 1.29 is 19.4 Å². The van der Waals surface area contributed by atoms with Crippen LogP contribution in [0, 0.1) is 11.3 Å². The minimum atomic E-state index is -0.524. The lowest BCUT2D eigenvalue weighted by Gasteiger charge is -2.19. The maximum absolute atomic E-state index is 12.6. The molecule has 0 aliphatic carbocycles. The third-order valence-electron chi connectivity index (χ3n) is 6.07. The molecule has 0 spiro atoms. The van der Waals surface area contributed by atoms with Gasteiger partial charge < -0.3 is 15.2 Å². The maximum Gasteiger partial charge on any atom is 0.271 e. The Hall–Kier alpha value is -5.16. The van der Waals surface area contributed by atoms with Crippen LogP contribution in [0.1, 0.15) is 47.8 Å². The van der Waals surface area contributed by atoms with E-state index in [0.29, 0.717) is 11.4 Å². The lowest BCUT2D eigenvalue weighted by molar-refractivity contribution is -0.118. The fourth-order valence-electron chi connectivity index (χ4n) is 3.92. The molecule has 0 saturated heterocycles. The minimum Gasteiger partial charge on any atom is -0.507 e. The Bertz CT molecular complexity index is 1600. The number of amides is 2. The molecule has 0 saturated carbocycles. The van der Waals surface area contributed by atoms with Gasteiger partial charge in [-0.3, -0.25) is 9.59 Å². The first-order chi connectivity index (χ1) is 18.7. The van der Waals surface area contributed by atoms with Crippen molar-refractivity contribution in [2.45, 2.75) is 26.2 Å². The monoisotopic (exact) mass is 520 g/mol. The summed E-state index contributed by atoms with van der Waals surface area (Å²) in [6, 6.07) is 24.6. The van der Waals surface area contributed by atoms with Crippen LogP contribution >= 0.6 is 0 Å². The van der Waals surface area contributed by atoms with E-state index in [1.807, 2.05) is 54.6 Å². The van der Waals surface area contributed by atoms with Gasteiger partial charge >= 0.3 is 0 Å². The van der Waals surface area contributed by atoms with Gasteiger partial charge in [0.2, 0.25) is 0 Å². The molecule has 0 aliphatic heterocycles. The number of hydrogen-bond donors (Lipinski definition) is 3. The number of anilines is 1. The molecule has 0 aromatic heterocycles. The standard InChI is InChI=1S/C31H28N4O4/c1-31(2,3)23-10-12-24(13-11-23)39-19-29(37)34-27-14-8-21(25-6-4-5-7-26(25)27)18-33-35-30(38)20-9-15-28(36)22(16-20)17-32/h4-16,18,36H,19H2,1-3H3,(H,34,37)(H,35,38). The van der Waals surface area contributed by atoms with Crippen molar-refractivity contribution in [1.29, 1.82) is 5.26 Å². The fourth-order valence-corrected chi connectivity index (χ4v) is 3.92. The highest BCUT2D eigenvalue weighted by Gasteiger charge is 2.14. The Morgan fingerprint density at radius 2 is 1.72 bits per heavy atom. The van der Waals surface area contributed by atoms with Gasteiger partial charge in [0.15, 0.2) is 6.61 Å². The van der Waals surface area contributed by atoms with Crippen molar-refractivity contribution in [3.63, 3.8) is 0 Å². The van der Waals surface area contributed by atoms with E-state index < -0.39 is 5.91 Å². The minimum absolute atomic E-state index is 0.000832. The second kappa shape index (κ2) is 11.5. The molecule has 0 aliphatic rings. The molecule has 39 heavy (non-hydrogen) atoms. The summed E-state index contributed by atoms with van der Waals surface area (Å²) in [5, 5.41) is 27.2. The number of nitriles is 1. The Kier molecular flexibility index (Phi) is 7.92. The molecule has 4 aromatic rings. The van der Waals surface area contributed by atoms with E-state index in [2.05, 4.69) is 36.6 Å². The number of rotatable bonds is 7. The van der Waals surface area contributed by atoms with Gasteiger partial charge in [0.25, 0.3) is 11.8 Å². The van der Waals surface area contributed by atoms with Crippen LogP contribution in [0.3, 0.4) is 0 Å². The molecule has 2 amide bonds. The summed E-state index contributed by atoms with van der Waals surface area (Å²) in [6.45, 7) is 6.27. The Labute approximate surface area is 226 Å². The summed E-state index contributed by atoms with van der Waals surface area (Å²) >= 11 is 0. The highest BCUT2D eigenvalue weighted by molar-refractivity contribution is 6.08. The van der Waals surface area contributed by atoms with E-state index in [4.69, 9.17) is 10.00 Å². The molecule has 4 aromatic carbocycles. The number of carbonyl (C=O) groups is 2. The molecular weight excluding hydrogens is 492 g/mol. The number of benzene rings is 4. The van der Waals surface area contributed by atoms with E-state index in [1.165, 1.54) is 30.0 Å². The van der Waals surface area contributed by atoms with Crippen molar-refractivity contribution in [1.82, 2.24) is 5.43 Å². The van der Waals surface area contributed by atoms with E-state index in [0.717, 1.165) is 16.3 Å². The molecule has 0 bridgehead atoms. The number of carbonyl (C=O) groups excluding carboxylic acids is 2. The van der Waals surface area contributed by atoms with Crippen molar-refractivity contribution in [3.05, 3.63) is 101 Å². The van der Waals surface area contributed by atoms with Gasteiger partial charge in [-0.25, -0.2) is 5.43 Å². The van der Waals surface area contributed by atoms with Gasteiger partial charge in [0, 0.05) is 22.2 Å². The molecule has 0 radical (unpaired) electrons. The molecule has 4 rings (SSSR count). The Morgan fingerprint density at radius 3 is 2.41 bits per heavy atom.